The van der Waals surface area contributed by atoms with Crippen molar-refractivity contribution in [3.8, 4) is 23.0 Å². The highest BCUT2D eigenvalue weighted by Gasteiger charge is 2.51. The smallest absolute Gasteiger partial charge is 0.418 e. The quantitative estimate of drug-likeness (QED) is 0.355. The van der Waals surface area contributed by atoms with Gasteiger partial charge in [0.25, 0.3) is 0 Å². The van der Waals surface area contributed by atoms with E-state index in [-0.39, 0.29) is 47.4 Å². The number of aryl methyl sites for hydroxylation is 1. The van der Waals surface area contributed by atoms with Gasteiger partial charge >= 0.3 is 12.2 Å². The summed E-state index contributed by atoms with van der Waals surface area (Å²) in [5.41, 5.74) is 0.829. The Morgan fingerprint density at radius 1 is 1.20 bits per heavy atom. The number of benzene rings is 1. The number of nitrogens with two attached hydrogens (primary N) is 1. The largest absolute Gasteiger partial charge is 0.482 e. The molecule has 3 aliphatic heterocycles. The molecule has 5 heterocycles. The predicted molar refractivity (Wildman–Crippen MR) is 157 cm³/mol. The molecule has 3 N–H and O–H groups in total. The van der Waals surface area contributed by atoms with Gasteiger partial charge in [0.15, 0.2) is 11.6 Å². The van der Waals surface area contributed by atoms with E-state index in [1.807, 2.05) is 4.90 Å². The van der Waals surface area contributed by atoms with Crippen LogP contribution in [0.15, 0.2) is 6.07 Å². The first-order valence-corrected chi connectivity index (χ1v) is 15.3. The number of halogens is 6. The molecule has 4 atom stereocenters. The number of aliphatic hydroxyl groups excluding tert-OH is 1. The van der Waals surface area contributed by atoms with Crippen LogP contribution in [0.1, 0.15) is 49.7 Å². The summed E-state index contributed by atoms with van der Waals surface area (Å²) < 4.78 is 86.9. The number of fused-ring (bicyclic) bond motifs is 1. The molecule has 1 aliphatic carbocycles. The third kappa shape index (κ3) is 4.73. The SMILES string of the molecule is Cc1cc(N)nc(-c2c(Cl)c3c4c(nc(OC[C@@]56CCCN5C[C@H](F)C6)nc4c2F)N(C)CCC2(CCC2O)O3)c1C(F)(F)F. The van der Waals surface area contributed by atoms with Gasteiger partial charge in [0.2, 0.25) is 0 Å². The summed E-state index contributed by atoms with van der Waals surface area (Å²) in [6, 6.07) is 0.824. The minimum absolute atomic E-state index is 0.0220. The maximum absolute atomic E-state index is 16.8. The number of alkyl halides is 4. The molecule has 1 saturated carbocycles. The number of nitrogens with zero attached hydrogens (tertiary/aromatic N) is 5. The van der Waals surface area contributed by atoms with Crippen LogP contribution in [0, 0.1) is 12.7 Å². The first kappa shape index (κ1) is 30.4. The first-order valence-electron chi connectivity index (χ1n) is 14.9. The van der Waals surface area contributed by atoms with Crippen molar-refractivity contribution < 1.29 is 36.5 Å². The van der Waals surface area contributed by atoms with Crippen molar-refractivity contribution in [1.29, 1.82) is 0 Å². The Bertz CT molecular complexity index is 1710. The maximum atomic E-state index is 16.8. The van der Waals surface area contributed by atoms with E-state index in [2.05, 4.69) is 15.0 Å². The minimum Gasteiger partial charge on any atom is -0.482 e. The number of hydrogen-bond acceptors (Lipinski definition) is 9. The zero-order valence-electron chi connectivity index (χ0n) is 24.6. The Morgan fingerprint density at radius 2 is 1.98 bits per heavy atom. The van der Waals surface area contributed by atoms with Crippen molar-refractivity contribution >= 4 is 34.1 Å². The van der Waals surface area contributed by atoms with E-state index < -0.39 is 62.8 Å². The fourth-order valence-corrected chi connectivity index (χ4v) is 7.79. The van der Waals surface area contributed by atoms with Gasteiger partial charge < -0.3 is 25.2 Å². The monoisotopic (exact) mass is 654 g/mol. The molecule has 0 bridgehead atoms. The zero-order chi connectivity index (χ0) is 32.1. The molecule has 7 rings (SSSR count). The third-order valence-corrected chi connectivity index (χ3v) is 10.3. The summed E-state index contributed by atoms with van der Waals surface area (Å²) in [7, 11) is 1.71. The van der Waals surface area contributed by atoms with Crippen LogP contribution in [0.25, 0.3) is 22.2 Å². The number of aromatic nitrogens is 3. The third-order valence-electron chi connectivity index (χ3n) is 9.92. The molecule has 1 spiro atoms. The summed E-state index contributed by atoms with van der Waals surface area (Å²) in [4.78, 5) is 16.6. The Morgan fingerprint density at radius 3 is 2.67 bits per heavy atom. The summed E-state index contributed by atoms with van der Waals surface area (Å²) in [5, 5.41) is 10.3. The van der Waals surface area contributed by atoms with E-state index >= 15 is 4.39 Å². The molecule has 0 amide bonds. The minimum atomic E-state index is -4.93. The maximum Gasteiger partial charge on any atom is 0.418 e. The number of ether oxygens (including phenoxy) is 2. The highest BCUT2D eigenvalue weighted by molar-refractivity contribution is 6.36. The van der Waals surface area contributed by atoms with E-state index in [0.717, 1.165) is 19.0 Å². The average Bonchev–Trinajstić information content (AvgIpc) is 3.48. The Kier molecular flexibility index (Phi) is 7.03. The van der Waals surface area contributed by atoms with Gasteiger partial charge in [0.05, 0.1) is 38.9 Å². The summed E-state index contributed by atoms with van der Waals surface area (Å²) in [6.07, 6.45) is -3.72. The normalized spacial score (nSPS) is 28.2. The zero-order valence-corrected chi connectivity index (χ0v) is 25.4. The molecule has 1 aromatic carbocycles. The van der Waals surface area contributed by atoms with Crippen molar-refractivity contribution in [1.82, 2.24) is 19.9 Å². The molecule has 242 valence electrons. The molecule has 2 unspecified atom stereocenters. The van der Waals surface area contributed by atoms with Gasteiger partial charge in [-0.05, 0) is 50.8 Å². The van der Waals surface area contributed by atoms with Gasteiger partial charge in [-0.15, -0.1) is 0 Å². The van der Waals surface area contributed by atoms with Gasteiger partial charge in [-0.2, -0.15) is 23.1 Å². The molecule has 3 fully saturated rings. The Labute approximate surface area is 260 Å². The fourth-order valence-electron chi connectivity index (χ4n) is 7.49. The number of anilines is 2. The predicted octanol–water partition coefficient (Wildman–Crippen LogP) is 5.46. The van der Waals surface area contributed by atoms with Crippen molar-refractivity contribution in [3.05, 3.63) is 28.0 Å². The van der Waals surface area contributed by atoms with Crippen LogP contribution in [0.3, 0.4) is 0 Å². The number of nitrogen functional groups attached to an aromatic ring is 1. The van der Waals surface area contributed by atoms with E-state index in [1.54, 1.807) is 11.9 Å². The van der Waals surface area contributed by atoms with Gasteiger partial charge in [0, 0.05) is 33.0 Å². The van der Waals surface area contributed by atoms with Crippen LogP contribution in [0.2, 0.25) is 5.02 Å². The molecule has 2 aromatic heterocycles. The molecule has 3 aromatic rings. The standard InChI is InChI=1S/C30H32ClF5N6O3/c1-14-10-17(37)38-23(20(14)30(34,35)36)18-21(31)25-19-24(22(18)33)39-27(44-13-28-5-3-8-42(28)12-15(32)11-28)40-26(19)41(2)9-7-29(45-25)6-4-16(29)43/h10,15-16,43H,3-9,11-13H2,1-2H3,(H2,37,38)/t15-,16?,28+,29?/m1/s1. The number of aliphatic hydroxyl groups is 1. The van der Waals surface area contributed by atoms with E-state index in [4.69, 9.17) is 26.8 Å². The number of hydrogen-bond donors (Lipinski definition) is 2. The van der Waals surface area contributed by atoms with Gasteiger partial charge in [-0.25, -0.2) is 13.8 Å². The molecule has 0 radical (unpaired) electrons. The molecule has 45 heavy (non-hydrogen) atoms. The second kappa shape index (κ2) is 10.4. The van der Waals surface area contributed by atoms with Gasteiger partial charge in [0.1, 0.15) is 35.5 Å². The number of pyridine rings is 1. The van der Waals surface area contributed by atoms with Crippen LogP contribution < -0.4 is 20.1 Å². The van der Waals surface area contributed by atoms with E-state index in [9.17, 15) is 22.7 Å². The lowest BCUT2D eigenvalue weighted by molar-refractivity contribution is -0.137. The molecular weight excluding hydrogens is 623 g/mol. The van der Waals surface area contributed by atoms with Crippen molar-refractivity contribution in [2.75, 3.05) is 43.9 Å². The average molecular weight is 655 g/mol. The summed E-state index contributed by atoms with van der Waals surface area (Å²) in [6.45, 7) is 2.63. The topological polar surface area (TPSA) is 110 Å². The second-order valence-electron chi connectivity index (χ2n) is 12.7. The first-order chi connectivity index (χ1) is 21.2. The van der Waals surface area contributed by atoms with Crippen molar-refractivity contribution in [2.24, 2.45) is 0 Å². The van der Waals surface area contributed by atoms with E-state index in [0.29, 0.717) is 38.8 Å². The van der Waals surface area contributed by atoms with Crippen LogP contribution in [-0.2, 0) is 6.18 Å². The highest BCUT2D eigenvalue weighted by Crippen LogP contribution is 2.53. The molecule has 15 heteroatoms. The molecular formula is C30H32ClF5N6O3. The lowest BCUT2D eigenvalue weighted by atomic mass is 9.74. The van der Waals surface area contributed by atoms with Crippen molar-refractivity contribution in [3.63, 3.8) is 0 Å². The fraction of sp³-hybridized carbons (Fsp3) is 0.567. The lowest BCUT2D eigenvalue weighted by Gasteiger charge is -2.48. The van der Waals surface area contributed by atoms with Crippen molar-refractivity contribution in [2.45, 2.75) is 75.0 Å². The number of rotatable bonds is 4. The summed E-state index contributed by atoms with van der Waals surface area (Å²) >= 11 is 6.81. The Hall–Kier alpha value is -3.23. The highest BCUT2D eigenvalue weighted by atomic mass is 35.5. The Balaban J connectivity index is 1.46. The van der Waals surface area contributed by atoms with Crippen LogP contribution in [-0.4, -0.2) is 81.7 Å². The van der Waals surface area contributed by atoms with Gasteiger partial charge in [-0.3, -0.25) is 4.90 Å². The molecule has 2 saturated heterocycles. The van der Waals surface area contributed by atoms with E-state index in [1.165, 1.54) is 6.92 Å². The van der Waals surface area contributed by atoms with Crippen LogP contribution in [0.4, 0.5) is 33.6 Å². The van der Waals surface area contributed by atoms with Gasteiger partial charge in [-0.1, -0.05) is 11.6 Å². The lowest BCUT2D eigenvalue weighted by Crippen LogP contribution is -2.57. The second-order valence-corrected chi connectivity index (χ2v) is 13.1. The molecule has 4 aliphatic rings. The molecule has 9 nitrogen and oxygen atoms in total. The summed E-state index contributed by atoms with van der Waals surface area (Å²) in [5.74, 6) is -1.44. The van der Waals surface area contributed by atoms with Crippen LogP contribution >= 0.6 is 11.6 Å². The van der Waals surface area contributed by atoms with Crippen LogP contribution in [0.5, 0.6) is 11.8 Å².